The molecule has 5 aromatic carbocycles. The van der Waals surface area contributed by atoms with Crippen molar-refractivity contribution in [2.75, 3.05) is 32.0 Å². The zero-order valence-electron chi connectivity index (χ0n) is 28.7. The van der Waals surface area contributed by atoms with Crippen LogP contribution in [0.2, 0.25) is 5.02 Å². The van der Waals surface area contributed by atoms with E-state index in [0.717, 1.165) is 5.56 Å². The van der Waals surface area contributed by atoms with E-state index in [2.05, 4.69) is 16.0 Å². The second-order valence-electron chi connectivity index (χ2n) is 11.2. The number of benzene rings is 5. The summed E-state index contributed by atoms with van der Waals surface area (Å²) in [6.45, 7) is 0. The van der Waals surface area contributed by atoms with Gasteiger partial charge < -0.3 is 35.3 Å². The molecule has 0 aliphatic heterocycles. The molecule has 0 heterocycles. The summed E-state index contributed by atoms with van der Waals surface area (Å²) in [5.74, 6) is -1.60. The van der Waals surface area contributed by atoms with Crippen molar-refractivity contribution >= 4 is 64.5 Å². The third kappa shape index (κ3) is 9.76. The van der Waals surface area contributed by atoms with Gasteiger partial charge in [0.05, 0.1) is 31.9 Å². The molecule has 0 aliphatic rings. The number of hydrogen-bond acceptors (Lipinski definition) is 8. The van der Waals surface area contributed by atoms with E-state index in [4.69, 9.17) is 25.8 Å². The highest BCUT2D eigenvalue weighted by molar-refractivity contribution is 8.00. The Morgan fingerprint density at radius 1 is 0.736 bits per heavy atom. The number of methoxy groups -OCH3 is 3. The molecule has 0 saturated heterocycles. The van der Waals surface area contributed by atoms with Gasteiger partial charge in [-0.1, -0.05) is 60.1 Å². The van der Waals surface area contributed by atoms with E-state index in [9.17, 15) is 24.3 Å². The smallest absolute Gasteiger partial charge is 0.337 e. The van der Waals surface area contributed by atoms with Crippen molar-refractivity contribution in [3.63, 3.8) is 0 Å². The van der Waals surface area contributed by atoms with E-state index in [-0.39, 0.29) is 27.9 Å². The zero-order chi connectivity index (χ0) is 37.9. The lowest BCUT2D eigenvalue weighted by atomic mass is 10.1. The van der Waals surface area contributed by atoms with Gasteiger partial charge in [0.25, 0.3) is 11.8 Å². The van der Waals surface area contributed by atoms with Crippen LogP contribution in [0, 0.1) is 0 Å². The Kier molecular flexibility index (Phi) is 12.8. The van der Waals surface area contributed by atoms with Crippen molar-refractivity contribution in [1.29, 1.82) is 0 Å². The van der Waals surface area contributed by atoms with E-state index in [1.54, 1.807) is 66.7 Å². The minimum absolute atomic E-state index is 0.0547. The van der Waals surface area contributed by atoms with Crippen LogP contribution in [0.3, 0.4) is 0 Å². The second-order valence-corrected chi connectivity index (χ2v) is 12.8. The Morgan fingerprint density at radius 3 is 1.92 bits per heavy atom. The maximum Gasteiger partial charge on any atom is 0.337 e. The summed E-state index contributed by atoms with van der Waals surface area (Å²) in [5, 5.41) is 17.1. The molecule has 13 heteroatoms. The Labute approximate surface area is 314 Å². The average Bonchev–Trinajstić information content (AvgIpc) is 3.18. The normalized spacial score (nSPS) is 11.5. The molecule has 53 heavy (non-hydrogen) atoms. The summed E-state index contributed by atoms with van der Waals surface area (Å²) < 4.78 is 16.3. The van der Waals surface area contributed by atoms with E-state index in [1.807, 2.05) is 30.3 Å². The van der Waals surface area contributed by atoms with Crippen LogP contribution in [0.25, 0.3) is 6.08 Å². The molecule has 270 valence electrons. The number of ether oxygens (including phenoxy) is 3. The van der Waals surface area contributed by atoms with Gasteiger partial charge in [0.2, 0.25) is 11.7 Å². The van der Waals surface area contributed by atoms with E-state index in [1.165, 1.54) is 57.4 Å². The molecule has 0 fully saturated rings. The lowest BCUT2D eigenvalue weighted by Crippen LogP contribution is -2.30. The Bertz CT molecular complexity index is 2120. The molecule has 11 nitrogen and oxygen atoms in total. The molecular weight excluding hydrogens is 718 g/mol. The third-order valence-electron chi connectivity index (χ3n) is 7.70. The Balaban J connectivity index is 1.38. The predicted molar refractivity (Wildman–Crippen MR) is 205 cm³/mol. The highest BCUT2D eigenvalue weighted by Crippen LogP contribution is 2.39. The van der Waals surface area contributed by atoms with Gasteiger partial charge in [-0.15, -0.1) is 11.8 Å². The number of carbonyl (C=O) groups excluding carboxylic acids is 3. The van der Waals surface area contributed by atoms with Crippen molar-refractivity contribution in [2.24, 2.45) is 0 Å². The first-order valence-corrected chi connectivity index (χ1v) is 17.2. The quantitative estimate of drug-likeness (QED) is 0.0655. The Morgan fingerprint density at radius 2 is 1.34 bits per heavy atom. The van der Waals surface area contributed by atoms with Gasteiger partial charge in [0, 0.05) is 21.8 Å². The number of halogens is 1. The van der Waals surface area contributed by atoms with Crippen LogP contribution in [0.15, 0.2) is 126 Å². The zero-order valence-corrected chi connectivity index (χ0v) is 30.3. The third-order valence-corrected chi connectivity index (χ3v) is 9.29. The van der Waals surface area contributed by atoms with Crippen LogP contribution in [-0.2, 0) is 9.59 Å². The standard InChI is InChI=1S/C40H34ClN3O8S/c1-50-33-21-24(22-34(51-2)35(33)52-3)20-32(44-37(45)26-12-8-5-9-13-26)38(46)42-27-14-17-29(18-15-27)53-36(25-10-6-4-7-11-25)39(47)43-28-16-19-31(41)30(23-28)40(48)49/h4-23,36H,1-3H3,(H,42,46)(H,43,47)(H,44,45)(H,48,49)/b32-20-. The van der Waals surface area contributed by atoms with Crippen LogP contribution in [-0.4, -0.2) is 50.1 Å². The van der Waals surface area contributed by atoms with Crippen molar-refractivity contribution in [3.8, 4) is 17.2 Å². The van der Waals surface area contributed by atoms with Gasteiger partial charge in [-0.05, 0) is 83.9 Å². The molecule has 4 N–H and O–H groups in total. The number of carboxylic acids is 1. The fourth-order valence-corrected chi connectivity index (χ4v) is 6.34. The SMILES string of the molecule is COc1cc(/C=C(\NC(=O)c2ccccc2)C(=O)Nc2ccc(SC(C(=O)Nc3ccc(Cl)c(C(=O)O)c3)c3ccccc3)cc2)cc(OC)c1OC. The molecule has 0 aromatic heterocycles. The molecule has 5 aromatic rings. The molecule has 0 spiro atoms. The number of nitrogens with one attached hydrogen (secondary N) is 3. The van der Waals surface area contributed by atoms with Crippen LogP contribution in [0.1, 0.15) is 37.1 Å². The first kappa shape index (κ1) is 38.0. The predicted octanol–water partition coefficient (Wildman–Crippen LogP) is 7.95. The van der Waals surface area contributed by atoms with Gasteiger partial charge in [-0.25, -0.2) is 4.79 Å². The van der Waals surface area contributed by atoms with E-state index < -0.39 is 23.0 Å². The molecule has 0 saturated carbocycles. The number of rotatable bonds is 14. The molecule has 1 atom stereocenters. The summed E-state index contributed by atoms with van der Waals surface area (Å²) in [6, 6.07) is 32.0. The van der Waals surface area contributed by atoms with Gasteiger partial charge >= 0.3 is 5.97 Å². The number of carbonyl (C=O) groups is 4. The van der Waals surface area contributed by atoms with Gasteiger partial charge in [0.1, 0.15) is 10.9 Å². The highest BCUT2D eigenvalue weighted by Gasteiger charge is 2.24. The number of thioether (sulfide) groups is 1. The summed E-state index contributed by atoms with van der Waals surface area (Å²) in [6.07, 6.45) is 1.49. The first-order valence-electron chi connectivity index (χ1n) is 15.9. The fraction of sp³-hybridized carbons (Fsp3) is 0.100. The molecule has 1 unspecified atom stereocenters. The molecule has 5 rings (SSSR count). The molecular formula is C40H34ClN3O8S. The highest BCUT2D eigenvalue weighted by atomic mass is 35.5. The minimum atomic E-state index is -1.21. The number of hydrogen-bond donors (Lipinski definition) is 4. The van der Waals surface area contributed by atoms with Crippen LogP contribution in [0.5, 0.6) is 17.2 Å². The van der Waals surface area contributed by atoms with Gasteiger partial charge in [-0.3, -0.25) is 14.4 Å². The van der Waals surface area contributed by atoms with Crippen LogP contribution in [0.4, 0.5) is 11.4 Å². The number of carboxylic acid groups (broad SMARTS) is 1. The van der Waals surface area contributed by atoms with E-state index in [0.29, 0.717) is 39.0 Å². The van der Waals surface area contributed by atoms with Crippen molar-refractivity contribution in [3.05, 3.63) is 148 Å². The average molecular weight is 752 g/mol. The van der Waals surface area contributed by atoms with Gasteiger partial charge in [0.15, 0.2) is 11.5 Å². The lowest BCUT2D eigenvalue weighted by Gasteiger charge is -2.18. The topological polar surface area (TPSA) is 152 Å². The lowest BCUT2D eigenvalue weighted by molar-refractivity contribution is -0.116. The summed E-state index contributed by atoms with van der Waals surface area (Å²) in [7, 11) is 4.43. The van der Waals surface area contributed by atoms with Crippen molar-refractivity contribution in [2.45, 2.75) is 10.1 Å². The first-order chi connectivity index (χ1) is 25.6. The summed E-state index contributed by atoms with van der Waals surface area (Å²) in [4.78, 5) is 52.8. The molecule has 0 aliphatic carbocycles. The number of amides is 3. The second kappa shape index (κ2) is 17.8. The van der Waals surface area contributed by atoms with Crippen LogP contribution < -0.4 is 30.2 Å². The summed E-state index contributed by atoms with van der Waals surface area (Å²) in [5.41, 5.74) is 2.09. The Hall–Kier alpha value is -6.24. The monoisotopic (exact) mass is 751 g/mol. The number of aromatic carboxylic acids is 1. The van der Waals surface area contributed by atoms with Crippen molar-refractivity contribution < 1.29 is 38.5 Å². The fourth-order valence-electron chi connectivity index (χ4n) is 5.12. The van der Waals surface area contributed by atoms with Crippen molar-refractivity contribution in [1.82, 2.24) is 5.32 Å². The van der Waals surface area contributed by atoms with Crippen LogP contribution >= 0.6 is 23.4 Å². The summed E-state index contributed by atoms with van der Waals surface area (Å²) >= 11 is 7.28. The van der Waals surface area contributed by atoms with Gasteiger partial charge in [-0.2, -0.15) is 0 Å². The maximum atomic E-state index is 13.7. The largest absolute Gasteiger partial charge is 0.493 e. The molecule has 3 amide bonds. The van der Waals surface area contributed by atoms with E-state index >= 15 is 0 Å². The minimum Gasteiger partial charge on any atom is -0.493 e. The molecule has 0 radical (unpaired) electrons. The molecule has 0 bridgehead atoms. The maximum absolute atomic E-state index is 13.7. The number of anilines is 2.